The fraction of sp³-hybridized carbons (Fsp3) is 0.333. The average molecular weight is 464 g/mol. The largest absolute Gasteiger partial charge is 0.256 e. The summed E-state index contributed by atoms with van der Waals surface area (Å²) < 4.78 is 50.3. The highest BCUT2D eigenvalue weighted by molar-refractivity contribution is 8.04. The Hall–Kier alpha value is -2.22. The summed E-state index contributed by atoms with van der Waals surface area (Å²) in [5.74, 6) is 0. The minimum absolute atomic E-state index is 0.0590. The standard InChI is InChI=1S/C15H17NO4S2.C7H10.C2H6/c1-12-4-8-14(9-5-12)21(17,18)16(3)22(19,20)15-10-6-13(2)7-11-15;1-7-5-3-2-4-6-7;1-2/h4-11H,1-3H3;3,5-6H,2,4H2,1H3;1-2H3. The number of hydrogen-bond donors (Lipinski definition) is 0. The van der Waals surface area contributed by atoms with Gasteiger partial charge in [0, 0.05) is 7.05 Å². The molecule has 0 saturated heterocycles. The predicted molar refractivity (Wildman–Crippen MR) is 128 cm³/mol. The molecule has 0 bridgehead atoms. The van der Waals surface area contributed by atoms with Gasteiger partial charge in [0.1, 0.15) is 0 Å². The molecule has 1 aliphatic carbocycles. The van der Waals surface area contributed by atoms with Crippen LogP contribution in [0, 0.1) is 13.8 Å². The first-order chi connectivity index (χ1) is 14.5. The van der Waals surface area contributed by atoms with Gasteiger partial charge in [0.25, 0.3) is 20.0 Å². The normalized spacial score (nSPS) is 13.5. The maximum atomic E-state index is 12.5. The molecule has 2 aromatic rings. The SMILES string of the molecule is CC.CC1=CCCC=C1.Cc1ccc(S(=O)(=O)N(C)S(=O)(=O)c2ccc(C)cc2)cc1. The molecular weight excluding hydrogens is 430 g/mol. The Morgan fingerprint density at radius 2 is 1.06 bits per heavy atom. The lowest BCUT2D eigenvalue weighted by molar-refractivity contribution is 0.526. The summed E-state index contributed by atoms with van der Waals surface area (Å²) in [4.78, 5) is -0.118. The maximum absolute atomic E-state index is 12.5. The highest BCUT2D eigenvalue weighted by Gasteiger charge is 2.32. The van der Waals surface area contributed by atoms with Gasteiger partial charge in [-0.25, -0.2) is 16.8 Å². The molecule has 3 rings (SSSR count). The van der Waals surface area contributed by atoms with Crippen LogP contribution in [0.25, 0.3) is 0 Å². The number of aryl methyl sites for hydroxylation is 2. The topological polar surface area (TPSA) is 71.5 Å². The Morgan fingerprint density at radius 1 is 0.677 bits per heavy atom. The van der Waals surface area contributed by atoms with E-state index in [4.69, 9.17) is 0 Å². The van der Waals surface area contributed by atoms with E-state index in [0.29, 0.717) is 3.71 Å². The second kappa shape index (κ2) is 12.0. The van der Waals surface area contributed by atoms with E-state index >= 15 is 0 Å². The fourth-order valence-corrected chi connectivity index (χ4v) is 5.69. The van der Waals surface area contributed by atoms with Crippen LogP contribution in [0.3, 0.4) is 0 Å². The van der Waals surface area contributed by atoms with Crippen molar-refractivity contribution in [3.05, 3.63) is 83.5 Å². The molecule has 31 heavy (non-hydrogen) atoms. The molecule has 0 fully saturated rings. The molecule has 5 nitrogen and oxygen atoms in total. The number of sulfonamides is 2. The van der Waals surface area contributed by atoms with Crippen LogP contribution in [-0.4, -0.2) is 27.6 Å². The summed E-state index contributed by atoms with van der Waals surface area (Å²) in [5.41, 5.74) is 3.19. The summed E-state index contributed by atoms with van der Waals surface area (Å²) in [6.07, 6.45) is 9.12. The maximum Gasteiger partial charge on any atom is 0.256 e. The zero-order valence-electron chi connectivity index (χ0n) is 19.2. The van der Waals surface area contributed by atoms with Crippen LogP contribution in [0.2, 0.25) is 0 Å². The minimum atomic E-state index is -4.13. The van der Waals surface area contributed by atoms with Crippen molar-refractivity contribution in [1.29, 1.82) is 0 Å². The monoisotopic (exact) mass is 463 g/mol. The second-order valence-electron chi connectivity index (χ2n) is 6.94. The molecule has 1 aliphatic rings. The summed E-state index contributed by atoms with van der Waals surface area (Å²) >= 11 is 0. The third-order valence-electron chi connectivity index (χ3n) is 4.50. The summed E-state index contributed by atoms with van der Waals surface area (Å²) in [6.45, 7) is 9.78. The molecule has 0 aromatic heterocycles. The fourth-order valence-electron chi connectivity index (χ4n) is 2.59. The van der Waals surface area contributed by atoms with Gasteiger partial charge in [0.15, 0.2) is 0 Å². The van der Waals surface area contributed by atoms with Gasteiger partial charge >= 0.3 is 0 Å². The average Bonchev–Trinajstić information content (AvgIpc) is 2.76. The number of nitrogens with zero attached hydrogens (tertiary/aromatic N) is 1. The lowest BCUT2D eigenvalue weighted by Crippen LogP contribution is -2.33. The molecule has 0 atom stereocenters. The Kier molecular flexibility index (Phi) is 10.4. The van der Waals surface area contributed by atoms with E-state index in [-0.39, 0.29) is 9.79 Å². The molecule has 170 valence electrons. The van der Waals surface area contributed by atoms with Crippen molar-refractivity contribution >= 4 is 20.0 Å². The van der Waals surface area contributed by atoms with Crippen molar-refractivity contribution in [2.75, 3.05) is 7.05 Å². The van der Waals surface area contributed by atoms with Crippen LogP contribution in [0.1, 0.15) is 44.7 Å². The van der Waals surface area contributed by atoms with E-state index in [1.165, 1.54) is 42.7 Å². The van der Waals surface area contributed by atoms with Gasteiger partial charge in [-0.2, -0.15) is 0 Å². The smallest absolute Gasteiger partial charge is 0.206 e. The molecule has 0 saturated carbocycles. The third kappa shape index (κ3) is 7.45. The highest BCUT2D eigenvalue weighted by atomic mass is 32.3. The highest BCUT2D eigenvalue weighted by Crippen LogP contribution is 2.23. The van der Waals surface area contributed by atoms with E-state index in [1.54, 1.807) is 24.3 Å². The first-order valence-corrected chi connectivity index (χ1v) is 13.1. The molecule has 0 aliphatic heterocycles. The minimum Gasteiger partial charge on any atom is -0.206 e. The zero-order chi connectivity index (χ0) is 23.7. The van der Waals surface area contributed by atoms with Crippen molar-refractivity contribution in [3.8, 4) is 0 Å². The molecule has 0 heterocycles. The molecule has 0 spiro atoms. The lowest BCUT2D eigenvalue weighted by atomic mass is 10.1. The van der Waals surface area contributed by atoms with Gasteiger partial charge in [-0.3, -0.25) is 0 Å². The van der Waals surface area contributed by atoms with Gasteiger partial charge in [0.2, 0.25) is 0 Å². The van der Waals surface area contributed by atoms with E-state index in [9.17, 15) is 16.8 Å². The number of rotatable bonds is 4. The summed E-state index contributed by atoms with van der Waals surface area (Å²) in [5, 5.41) is 0. The van der Waals surface area contributed by atoms with Crippen molar-refractivity contribution in [1.82, 2.24) is 3.71 Å². The van der Waals surface area contributed by atoms with Gasteiger partial charge < -0.3 is 0 Å². The number of benzene rings is 2. The molecule has 7 heteroatoms. The third-order valence-corrected chi connectivity index (χ3v) is 8.76. The second-order valence-corrected chi connectivity index (χ2v) is 11.1. The molecule has 0 N–H and O–H groups in total. The van der Waals surface area contributed by atoms with Crippen LogP contribution in [0.4, 0.5) is 0 Å². The van der Waals surface area contributed by atoms with Crippen LogP contribution in [-0.2, 0) is 20.0 Å². The van der Waals surface area contributed by atoms with E-state index < -0.39 is 20.0 Å². The predicted octanol–water partition coefficient (Wildman–Crippen LogP) is 5.62. The van der Waals surface area contributed by atoms with Crippen LogP contribution in [0.15, 0.2) is 82.1 Å². The van der Waals surface area contributed by atoms with Crippen molar-refractivity contribution in [2.24, 2.45) is 0 Å². The lowest BCUT2D eigenvalue weighted by Gasteiger charge is -2.17. The molecule has 0 unspecified atom stereocenters. The first kappa shape index (κ1) is 26.8. The van der Waals surface area contributed by atoms with Crippen LogP contribution in [0.5, 0.6) is 0 Å². The quantitative estimate of drug-likeness (QED) is 0.590. The number of hydrogen-bond acceptors (Lipinski definition) is 4. The van der Waals surface area contributed by atoms with Gasteiger partial charge in [-0.05, 0) is 57.9 Å². The molecule has 0 amide bonds. The van der Waals surface area contributed by atoms with E-state index in [0.717, 1.165) is 18.2 Å². The number of allylic oxidation sites excluding steroid dienone is 4. The summed E-state index contributed by atoms with van der Waals surface area (Å²) in [6, 6.07) is 12.1. The zero-order valence-corrected chi connectivity index (χ0v) is 20.8. The first-order valence-electron chi connectivity index (χ1n) is 10.3. The van der Waals surface area contributed by atoms with Gasteiger partial charge in [0.05, 0.1) is 9.79 Å². The molecule has 0 radical (unpaired) electrons. The van der Waals surface area contributed by atoms with Gasteiger partial charge in [-0.1, -0.05) is 76.8 Å². The van der Waals surface area contributed by atoms with Crippen LogP contribution >= 0.6 is 0 Å². The molecular formula is C24H33NO4S2. The Labute approximate surface area is 188 Å². The Bertz CT molecular complexity index is 1020. The van der Waals surface area contributed by atoms with Gasteiger partial charge in [-0.15, -0.1) is 0 Å². The van der Waals surface area contributed by atoms with Crippen molar-refractivity contribution in [3.63, 3.8) is 0 Å². The van der Waals surface area contributed by atoms with Crippen molar-refractivity contribution in [2.45, 2.75) is 57.3 Å². The van der Waals surface area contributed by atoms with E-state index in [2.05, 4.69) is 25.2 Å². The van der Waals surface area contributed by atoms with E-state index in [1.807, 2.05) is 27.7 Å². The Balaban J connectivity index is 0.000000447. The Morgan fingerprint density at radius 3 is 1.32 bits per heavy atom. The van der Waals surface area contributed by atoms with Crippen molar-refractivity contribution < 1.29 is 16.8 Å². The molecule has 2 aromatic carbocycles. The van der Waals surface area contributed by atoms with Crippen LogP contribution < -0.4 is 0 Å². The summed E-state index contributed by atoms with van der Waals surface area (Å²) in [7, 11) is -7.21.